The van der Waals surface area contributed by atoms with Gasteiger partial charge in [-0.05, 0) is 19.1 Å². The van der Waals surface area contributed by atoms with Crippen LogP contribution in [0.15, 0.2) is 29.6 Å². The molecule has 0 radical (unpaired) electrons. The predicted molar refractivity (Wildman–Crippen MR) is 56.5 cm³/mol. The molecule has 5 nitrogen and oxygen atoms in total. The minimum atomic E-state index is 0.505. The van der Waals surface area contributed by atoms with Gasteiger partial charge in [-0.3, -0.25) is 4.99 Å². The van der Waals surface area contributed by atoms with Gasteiger partial charge in [0.05, 0.1) is 11.0 Å². The smallest absolute Gasteiger partial charge is 0.132 e. The average Bonchev–Trinajstić information content (AvgIpc) is 2.22. The van der Waals surface area contributed by atoms with Crippen LogP contribution in [0.2, 0.25) is 0 Å². The van der Waals surface area contributed by atoms with E-state index in [0.717, 1.165) is 15.7 Å². The number of nitrogen functional groups attached to an aromatic ring is 1. The molecular formula is C10H12N4O. The van der Waals surface area contributed by atoms with Gasteiger partial charge in [0.25, 0.3) is 0 Å². The largest absolute Gasteiger partial charge is 0.427 e. The van der Waals surface area contributed by atoms with E-state index in [1.165, 1.54) is 6.33 Å². The fourth-order valence-electron chi connectivity index (χ4n) is 1.53. The number of benzene rings is 1. The number of nitrogens with two attached hydrogens (primary N) is 1. The van der Waals surface area contributed by atoms with E-state index in [-0.39, 0.29) is 0 Å². The molecule has 0 amide bonds. The summed E-state index contributed by atoms with van der Waals surface area (Å²) in [4.78, 5) is 8.19. The van der Waals surface area contributed by atoms with Crippen LogP contribution < -0.4 is 11.1 Å². The van der Waals surface area contributed by atoms with Crippen LogP contribution in [-0.2, 0) is 0 Å². The Bertz CT molecular complexity index is 518. The number of fused-ring (bicyclic) bond motifs is 1. The van der Waals surface area contributed by atoms with E-state index in [1.807, 2.05) is 13.0 Å². The molecule has 3 N–H and O–H groups in total. The van der Waals surface area contributed by atoms with E-state index in [0.29, 0.717) is 17.9 Å². The first-order valence-electron chi connectivity index (χ1n) is 4.68. The van der Waals surface area contributed by atoms with Crippen molar-refractivity contribution in [3.63, 3.8) is 0 Å². The Labute approximate surface area is 86.8 Å². The molecule has 0 unspecified atom stereocenters. The van der Waals surface area contributed by atoms with E-state index >= 15 is 0 Å². The highest BCUT2D eigenvalue weighted by molar-refractivity contribution is 5.73. The highest BCUT2D eigenvalue weighted by Gasteiger charge is 2.11. The van der Waals surface area contributed by atoms with Gasteiger partial charge < -0.3 is 10.9 Å². The summed E-state index contributed by atoms with van der Waals surface area (Å²) in [5.74, 6) is 0. The second kappa shape index (κ2) is 3.61. The number of hydrogen-bond donors (Lipinski definition) is 2. The average molecular weight is 204 g/mol. The Hall–Kier alpha value is -2.04. The third-order valence-corrected chi connectivity index (χ3v) is 2.16. The Morgan fingerprint density at radius 1 is 1.53 bits per heavy atom. The van der Waals surface area contributed by atoms with Crippen LogP contribution in [0.3, 0.4) is 0 Å². The molecule has 0 bridgehead atoms. The molecule has 0 saturated carbocycles. The van der Waals surface area contributed by atoms with Gasteiger partial charge in [0.15, 0.2) is 0 Å². The zero-order chi connectivity index (χ0) is 10.8. The van der Waals surface area contributed by atoms with Crippen molar-refractivity contribution in [1.82, 2.24) is 9.71 Å². The van der Waals surface area contributed by atoms with Gasteiger partial charge in [-0.2, -0.15) is 4.73 Å². The van der Waals surface area contributed by atoms with Crippen LogP contribution in [0, 0.1) is 0 Å². The molecule has 0 fully saturated rings. The van der Waals surface area contributed by atoms with Crippen LogP contribution in [0.5, 0.6) is 0 Å². The molecule has 0 saturated heterocycles. The topological polar surface area (TPSA) is 76.4 Å². The summed E-state index contributed by atoms with van der Waals surface area (Å²) in [5.41, 5.74) is 7.57. The Morgan fingerprint density at radius 2 is 2.33 bits per heavy atom. The van der Waals surface area contributed by atoms with Crippen molar-refractivity contribution in [1.29, 1.82) is 0 Å². The lowest BCUT2D eigenvalue weighted by atomic mass is 10.1. The zero-order valence-corrected chi connectivity index (χ0v) is 8.38. The van der Waals surface area contributed by atoms with Crippen molar-refractivity contribution in [3.05, 3.63) is 30.0 Å². The van der Waals surface area contributed by atoms with E-state index in [1.54, 1.807) is 12.3 Å². The third kappa shape index (κ3) is 1.52. The quantitative estimate of drug-likeness (QED) is 0.531. The summed E-state index contributed by atoms with van der Waals surface area (Å²) in [6.07, 6.45) is 2.95. The summed E-state index contributed by atoms with van der Waals surface area (Å²) in [5, 5.41) is 10.4. The molecule has 1 aliphatic heterocycles. The van der Waals surface area contributed by atoms with Gasteiger partial charge in [0, 0.05) is 18.3 Å². The normalized spacial score (nSPS) is 12.2. The van der Waals surface area contributed by atoms with Gasteiger partial charge in [0.2, 0.25) is 0 Å². The summed E-state index contributed by atoms with van der Waals surface area (Å²) < 4.78 is 0.916. The lowest BCUT2D eigenvalue weighted by molar-refractivity contribution is 0.185. The van der Waals surface area contributed by atoms with E-state index in [4.69, 9.17) is 5.73 Å². The first-order chi connectivity index (χ1) is 7.24. The van der Waals surface area contributed by atoms with E-state index in [2.05, 4.69) is 9.98 Å². The molecule has 0 spiro atoms. The van der Waals surface area contributed by atoms with Crippen LogP contribution in [0.25, 0.3) is 11.3 Å². The number of aromatic nitrogens is 2. The summed E-state index contributed by atoms with van der Waals surface area (Å²) in [6, 6.07) is 3.55. The third-order valence-electron chi connectivity index (χ3n) is 2.16. The molecule has 0 atom stereocenters. The first kappa shape index (κ1) is 9.51. The minimum Gasteiger partial charge on any atom is -0.427 e. The second-order valence-electron chi connectivity index (χ2n) is 3.15. The lowest BCUT2D eigenvalue weighted by Gasteiger charge is -2.11. The number of nitrogens with zero attached hydrogens (tertiary/aromatic N) is 3. The molecule has 15 heavy (non-hydrogen) atoms. The van der Waals surface area contributed by atoms with Gasteiger partial charge in [-0.1, -0.05) is 0 Å². The van der Waals surface area contributed by atoms with Gasteiger partial charge in [-0.25, -0.2) is 4.98 Å². The molecule has 78 valence electrons. The van der Waals surface area contributed by atoms with Crippen molar-refractivity contribution in [2.45, 2.75) is 6.92 Å². The highest BCUT2D eigenvalue weighted by Crippen LogP contribution is 2.21. The molecule has 0 aromatic carbocycles. The monoisotopic (exact) mass is 204 g/mol. The van der Waals surface area contributed by atoms with Crippen molar-refractivity contribution >= 4 is 5.69 Å². The molecule has 0 aromatic rings. The van der Waals surface area contributed by atoms with Crippen molar-refractivity contribution in [2.24, 2.45) is 4.99 Å². The highest BCUT2D eigenvalue weighted by atomic mass is 16.5. The number of rotatable bonds is 1. The number of anilines is 1. The zero-order valence-electron chi connectivity index (χ0n) is 8.38. The van der Waals surface area contributed by atoms with E-state index < -0.39 is 0 Å². The fraction of sp³-hybridized carbons (Fsp3) is 0.200. The summed E-state index contributed by atoms with van der Waals surface area (Å²) >= 11 is 0. The predicted octanol–water partition coefficient (Wildman–Crippen LogP) is 0.728. The second-order valence-corrected chi connectivity index (χ2v) is 3.15. The Kier molecular flexibility index (Phi) is 2.29. The molecule has 2 rings (SSSR count). The van der Waals surface area contributed by atoms with Crippen molar-refractivity contribution in [2.75, 3.05) is 12.3 Å². The Balaban J connectivity index is 2.85. The maximum Gasteiger partial charge on any atom is 0.132 e. The molecule has 5 heteroatoms. The molecule has 2 aliphatic rings. The maximum absolute atomic E-state index is 9.58. The molecule has 0 aromatic heterocycles. The van der Waals surface area contributed by atoms with Crippen LogP contribution in [0.4, 0.5) is 5.69 Å². The van der Waals surface area contributed by atoms with Crippen LogP contribution in [0.1, 0.15) is 6.92 Å². The van der Waals surface area contributed by atoms with Gasteiger partial charge in [0.1, 0.15) is 12.0 Å². The first-order valence-corrected chi connectivity index (χ1v) is 4.68. The van der Waals surface area contributed by atoms with Gasteiger partial charge in [-0.15, -0.1) is 0 Å². The van der Waals surface area contributed by atoms with Gasteiger partial charge >= 0.3 is 0 Å². The molecule has 1 heterocycles. The minimum absolute atomic E-state index is 0.505. The summed E-state index contributed by atoms with van der Waals surface area (Å²) in [6.45, 7) is 2.63. The van der Waals surface area contributed by atoms with Crippen molar-refractivity contribution in [3.8, 4) is 11.3 Å². The van der Waals surface area contributed by atoms with Crippen LogP contribution in [-0.4, -0.2) is 21.5 Å². The lowest BCUT2D eigenvalue weighted by Crippen LogP contribution is -2.14. The standard InChI is InChI=1S/C10H12N4O/c1-2-13-9-4-3-8(11)10-7(9)5-12-6-14(10)15/h3-6,15H,2,11H2,1H3. The SMILES string of the molecule is CCN=c1ccc(N)c2n(O)cncc1-2. The Morgan fingerprint density at radius 3 is 3.07 bits per heavy atom. The molecular weight excluding hydrogens is 192 g/mol. The maximum atomic E-state index is 9.58. The van der Waals surface area contributed by atoms with Crippen LogP contribution >= 0.6 is 0 Å². The number of hydrogen-bond acceptors (Lipinski definition) is 4. The van der Waals surface area contributed by atoms with Crippen molar-refractivity contribution < 1.29 is 5.21 Å². The molecule has 1 aliphatic carbocycles. The summed E-state index contributed by atoms with van der Waals surface area (Å²) in [7, 11) is 0. The fourth-order valence-corrected chi connectivity index (χ4v) is 1.53. The van der Waals surface area contributed by atoms with E-state index in [9.17, 15) is 5.21 Å².